The van der Waals surface area contributed by atoms with Crippen LogP contribution in [-0.4, -0.2) is 23.8 Å². The molecule has 0 fully saturated rings. The van der Waals surface area contributed by atoms with Gasteiger partial charge in [-0.2, -0.15) is 0 Å². The van der Waals surface area contributed by atoms with Gasteiger partial charge in [0.15, 0.2) is 0 Å². The molecule has 4 N–H and O–H groups in total. The Hall–Kier alpha value is -2.37. The maximum absolute atomic E-state index is 12.9. The van der Waals surface area contributed by atoms with Gasteiger partial charge in [-0.1, -0.05) is 45.0 Å². The molecular formula is C21H31N3O3. The molecule has 6 heteroatoms. The summed E-state index contributed by atoms with van der Waals surface area (Å²) in [5.74, 6) is -0.802. The summed E-state index contributed by atoms with van der Waals surface area (Å²) in [6.45, 7) is 5.97. The molecule has 1 aliphatic carbocycles. The van der Waals surface area contributed by atoms with Crippen molar-refractivity contribution in [3.8, 4) is 0 Å². The molecule has 0 aliphatic heterocycles. The fraction of sp³-hybridized carbons (Fsp3) is 0.571. The van der Waals surface area contributed by atoms with E-state index in [1.165, 1.54) is 5.56 Å². The first-order valence-corrected chi connectivity index (χ1v) is 9.73. The minimum Gasteiger partial charge on any atom is -0.370 e. The van der Waals surface area contributed by atoms with Crippen LogP contribution in [0.15, 0.2) is 24.3 Å². The van der Waals surface area contributed by atoms with E-state index < -0.39 is 11.9 Å². The third kappa shape index (κ3) is 6.08. The highest BCUT2D eigenvalue weighted by atomic mass is 16.2. The minimum absolute atomic E-state index is 0.145. The Balaban J connectivity index is 2.17. The lowest BCUT2D eigenvalue weighted by molar-refractivity contribution is -0.132. The van der Waals surface area contributed by atoms with E-state index in [0.717, 1.165) is 24.8 Å². The second kappa shape index (κ2) is 9.53. The van der Waals surface area contributed by atoms with Crippen LogP contribution in [0, 0.1) is 11.8 Å². The van der Waals surface area contributed by atoms with Crippen LogP contribution in [0.2, 0.25) is 0 Å². The normalized spacial score (nSPS) is 20.3. The zero-order chi connectivity index (χ0) is 20.0. The van der Waals surface area contributed by atoms with Gasteiger partial charge in [0.2, 0.25) is 17.7 Å². The van der Waals surface area contributed by atoms with Gasteiger partial charge in [-0.05, 0) is 42.2 Å². The fourth-order valence-corrected chi connectivity index (χ4v) is 3.66. The molecule has 0 spiro atoms. The number of nitrogens with one attached hydrogen (secondary N) is 2. The number of hydrogen-bond acceptors (Lipinski definition) is 3. The minimum atomic E-state index is -0.948. The lowest BCUT2D eigenvalue weighted by atomic mass is 9.91. The van der Waals surface area contributed by atoms with E-state index in [2.05, 4.69) is 23.6 Å². The molecule has 2 rings (SSSR count). The lowest BCUT2D eigenvalue weighted by Gasteiger charge is -2.27. The third-order valence-electron chi connectivity index (χ3n) is 5.01. The van der Waals surface area contributed by atoms with Gasteiger partial charge >= 0.3 is 0 Å². The number of fused-ring (bicyclic) bond motifs is 1. The van der Waals surface area contributed by atoms with E-state index in [1.807, 2.05) is 32.0 Å². The molecule has 3 unspecified atom stereocenters. The van der Waals surface area contributed by atoms with Crippen molar-refractivity contribution in [2.24, 2.45) is 17.6 Å². The van der Waals surface area contributed by atoms with E-state index in [9.17, 15) is 14.4 Å². The van der Waals surface area contributed by atoms with Gasteiger partial charge in [-0.15, -0.1) is 0 Å². The Morgan fingerprint density at radius 1 is 1.19 bits per heavy atom. The van der Waals surface area contributed by atoms with Crippen molar-refractivity contribution in [3.05, 3.63) is 35.4 Å². The summed E-state index contributed by atoms with van der Waals surface area (Å²) in [7, 11) is 0. The number of primary amides is 1. The fourth-order valence-electron chi connectivity index (χ4n) is 3.66. The van der Waals surface area contributed by atoms with E-state index >= 15 is 0 Å². The summed E-state index contributed by atoms with van der Waals surface area (Å²) in [6, 6.07) is 7.03. The Kier molecular flexibility index (Phi) is 7.39. The first-order valence-electron chi connectivity index (χ1n) is 9.73. The summed E-state index contributed by atoms with van der Waals surface area (Å²) < 4.78 is 0. The van der Waals surface area contributed by atoms with Gasteiger partial charge in [-0.25, -0.2) is 0 Å². The van der Waals surface area contributed by atoms with Crippen LogP contribution in [0.25, 0.3) is 0 Å². The predicted molar refractivity (Wildman–Crippen MR) is 105 cm³/mol. The molecule has 1 aliphatic rings. The average molecular weight is 373 g/mol. The van der Waals surface area contributed by atoms with Crippen LogP contribution >= 0.6 is 0 Å². The van der Waals surface area contributed by atoms with E-state index in [1.54, 1.807) is 0 Å². The van der Waals surface area contributed by atoms with Gasteiger partial charge in [-0.3, -0.25) is 14.4 Å². The lowest BCUT2D eigenvalue weighted by Crippen LogP contribution is -2.50. The summed E-state index contributed by atoms with van der Waals surface area (Å²) >= 11 is 0. The molecule has 0 radical (unpaired) electrons. The van der Waals surface area contributed by atoms with Crippen LogP contribution in [0.1, 0.15) is 63.6 Å². The molecule has 6 nitrogen and oxygen atoms in total. The first-order chi connectivity index (χ1) is 12.8. The molecule has 0 saturated carbocycles. The molecular weight excluding hydrogens is 342 g/mol. The topological polar surface area (TPSA) is 101 Å². The van der Waals surface area contributed by atoms with Crippen molar-refractivity contribution in [1.82, 2.24) is 10.6 Å². The van der Waals surface area contributed by atoms with Crippen molar-refractivity contribution < 1.29 is 14.4 Å². The quantitative estimate of drug-likeness (QED) is 0.639. The maximum Gasteiger partial charge on any atom is 0.243 e. The number of amides is 3. The van der Waals surface area contributed by atoms with E-state index in [4.69, 9.17) is 5.73 Å². The highest BCUT2D eigenvalue weighted by molar-refractivity contribution is 5.91. The standard InChI is InChI=1S/C21H31N3O3/c1-13(2)11-19(26)23-17(12-18(22)25)21(27)24-20-14(3)7-6-9-15-8-4-5-10-16(15)20/h4-5,8,10,13-14,17,20H,6-7,9,11-12H2,1-3H3,(H2,22,25)(H,23,26)(H,24,27). The van der Waals surface area contributed by atoms with Crippen LogP contribution < -0.4 is 16.4 Å². The van der Waals surface area contributed by atoms with Crippen LogP contribution in [0.3, 0.4) is 0 Å². The summed E-state index contributed by atoms with van der Waals surface area (Å²) in [6.07, 6.45) is 3.15. The zero-order valence-corrected chi connectivity index (χ0v) is 16.5. The van der Waals surface area contributed by atoms with Crippen molar-refractivity contribution in [1.29, 1.82) is 0 Å². The molecule has 0 aromatic heterocycles. The Morgan fingerprint density at radius 3 is 2.56 bits per heavy atom. The molecule has 0 heterocycles. The smallest absolute Gasteiger partial charge is 0.243 e. The molecule has 27 heavy (non-hydrogen) atoms. The van der Waals surface area contributed by atoms with Crippen LogP contribution in [0.5, 0.6) is 0 Å². The molecule has 0 bridgehead atoms. The number of aryl methyl sites for hydroxylation is 1. The van der Waals surface area contributed by atoms with Crippen molar-refractivity contribution in [2.45, 2.75) is 65.0 Å². The second-order valence-corrected chi connectivity index (χ2v) is 7.94. The monoisotopic (exact) mass is 373 g/mol. The number of benzene rings is 1. The van der Waals surface area contributed by atoms with Crippen molar-refractivity contribution in [3.63, 3.8) is 0 Å². The van der Waals surface area contributed by atoms with Crippen LogP contribution in [0.4, 0.5) is 0 Å². The summed E-state index contributed by atoms with van der Waals surface area (Å²) in [4.78, 5) is 36.4. The third-order valence-corrected chi connectivity index (χ3v) is 5.01. The van der Waals surface area contributed by atoms with Crippen LogP contribution in [-0.2, 0) is 20.8 Å². The Bertz CT molecular complexity index is 687. The Morgan fingerprint density at radius 2 is 1.89 bits per heavy atom. The molecule has 3 amide bonds. The number of rotatable bonds is 7. The summed E-state index contributed by atoms with van der Waals surface area (Å²) in [5, 5.41) is 5.74. The zero-order valence-electron chi connectivity index (χ0n) is 16.5. The largest absolute Gasteiger partial charge is 0.370 e. The molecule has 0 saturated heterocycles. The molecule has 3 atom stereocenters. The number of nitrogens with two attached hydrogens (primary N) is 1. The maximum atomic E-state index is 12.9. The highest BCUT2D eigenvalue weighted by Crippen LogP contribution is 2.33. The van der Waals surface area contributed by atoms with Crippen molar-refractivity contribution >= 4 is 17.7 Å². The van der Waals surface area contributed by atoms with E-state index in [-0.39, 0.29) is 36.1 Å². The van der Waals surface area contributed by atoms with Crippen molar-refractivity contribution in [2.75, 3.05) is 0 Å². The van der Waals surface area contributed by atoms with Gasteiger partial charge in [0, 0.05) is 6.42 Å². The molecule has 1 aromatic carbocycles. The van der Waals surface area contributed by atoms with E-state index in [0.29, 0.717) is 6.42 Å². The first kappa shape index (κ1) is 20.9. The SMILES string of the molecule is CC(C)CC(=O)NC(CC(N)=O)C(=O)NC1c2ccccc2CCCC1C. The average Bonchev–Trinajstić information content (AvgIpc) is 2.72. The molecule has 1 aromatic rings. The van der Waals surface area contributed by atoms with Gasteiger partial charge in [0.05, 0.1) is 12.5 Å². The summed E-state index contributed by atoms with van der Waals surface area (Å²) in [5.41, 5.74) is 7.65. The Labute approximate surface area is 161 Å². The van der Waals surface area contributed by atoms with Gasteiger partial charge in [0.1, 0.15) is 6.04 Å². The van der Waals surface area contributed by atoms with Gasteiger partial charge < -0.3 is 16.4 Å². The number of carbonyl (C=O) groups excluding carboxylic acids is 3. The predicted octanol–water partition coefficient (Wildman–Crippen LogP) is 2.22. The molecule has 148 valence electrons. The second-order valence-electron chi connectivity index (χ2n) is 7.94. The number of hydrogen-bond donors (Lipinski definition) is 3. The van der Waals surface area contributed by atoms with Gasteiger partial charge in [0.25, 0.3) is 0 Å². The highest BCUT2D eigenvalue weighted by Gasteiger charge is 2.30. The number of carbonyl (C=O) groups is 3.